The zero-order valence-corrected chi connectivity index (χ0v) is 37.7. The molecule has 296 valence electrons. The summed E-state index contributed by atoms with van der Waals surface area (Å²) >= 11 is 0. The molecule has 0 aliphatic rings. The fraction of sp³-hybridized carbons (Fsp3) is 1.00. The molecule has 0 aliphatic carbocycles. The molecule has 49 heavy (non-hydrogen) atoms. The second kappa shape index (κ2) is 46.3. The molecular formula is C44H94O3Si2. The zero-order chi connectivity index (χ0) is 35.4. The summed E-state index contributed by atoms with van der Waals surface area (Å²) < 4.78 is 17.7. The van der Waals surface area contributed by atoms with Gasteiger partial charge in [-0.25, -0.2) is 0 Å². The van der Waals surface area contributed by atoms with E-state index in [1.807, 2.05) is 0 Å². The van der Waals surface area contributed by atoms with E-state index in [1.54, 1.807) is 0 Å². The lowest BCUT2D eigenvalue weighted by Crippen LogP contribution is -2.27. The van der Waals surface area contributed by atoms with Crippen LogP contribution in [0.15, 0.2) is 0 Å². The van der Waals surface area contributed by atoms with Crippen LogP contribution in [0.1, 0.15) is 271 Å². The maximum atomic E-state index is 6.00. The minimum atomic E-state index is -1.85. The summed E-state index contributed by atoms with van der Waals surface area (Å²) in [5, 5.41) is 0. The van der Waals surface area contributed by atoms with Crippen LogP contribution >= 0.6 is 0 Å². The van der Waals surface area contributed by atoms with E-state index in [-0.39, 0.29) is 0 Å². The third kappa shape index (κ3) is 44.4. The predicted molar refractivity (Wildman–Crippen MR) is 226 cm³/mol. The minimum Gasteiger partial charge on any atom is -0.427 e. The van der Waals surface area contributed by atoms with Gasteiger partial charge in [0.15, 0.2) is 0 Å². The van der Waals surface area contributed by atoms with Crippen LogP contribution in [0.2, 0.25) is 0 Å². The van der Waals surface area contributed by atoms with Gasteiger partial charge < -0.3 is 13.0 Å². The first kappa shape index (κ1) is 49.3. The van der Waals surface area contributed by atoms with E-state index in [0.717, 1.165) is 36.5 Å². The zero-order valence-electron chi connectivity index (χ0n) is 34.5. The lowest BCUT2D eigenvalue weighted by Gasteiger charge is -2.15. The first-order valence-electron chi connectivity index (χ1n) is 23.1. The Morgan fingerprint density at radius 2 is 0.429 bits per heavy atom. The Morgan fingerprint density at radius 3 is 0.592 bits per heavy atom. The van der Waals surface area contributed by atoms with Crippen molar-refractivity contribution in [1.29, 1.82) is 0 Å². The summed E-state index contributed by atoms with van der Waals surface area (Å²) in [7, 11) is -1.13. The lowest BCUT2D eigenvalue weighted by atomic mass is 10.0. The Hall–Kier alpha value is 0.314. The van der Waals surface area contributed by atoms with Gasteiger partial charge in [0.2, 0.25) is 0 Å². The van der Waals surface area contributed by atoms with Crippen LogP contribution in [0.4, 0.5) is 0 Å². The van der Waals surface area contributed by atoms with E-state index >= 15 is 0 Å². The summed E-state index contributed by atoms with van der Waals surface area (Å²) in [6.07, 6.45) is 56.9. The highest BCUT2D eigenvalue weighted by Crippen LogP contribution is 2.17. The number of hydrogen-bond acceptors (Lipinski definition) is 3. The Bertz CT molecular complexity index is 518. The van der Waals surface area contributed by atoms with Crippen LogP contribution in [-0.2, 0) is 13.0 Å². The minimum absolute atomic E-state index is 0.726. The highest BCUT2D eigenvalue weighted by atomic mass is 28.4. The third-order valence-corrected chi connectivity index (χ3v) is 13.3. The van der Waals surface area contributed by atoms with E-state index in [2.05, 4.69) is 13.8 Å². The smallest absolute Gasteiger partial charge is 0.427 e. The molecule has 0 bridgehead atoms. The molecule has 0 aliphatic heterocycles. The van der Waals surface area contributed by atoms with Crippen LogP contribution in [0.3, 0.4) is 0 Å². The van der Waals surface area contributed by atoms with Crippen molar-refractivity contribution in [1.82, 2.24) is 0 Å². The average molecular weight is 727 g/mol. The molecule has 0 unspecified atom stereocenters. The van der Waals surface area contributed by atoms with Gasteiger partial charge in [-0.1, -0.05) is 258 Å². The monoisotopic (exact) mass is 727 g/mol. The summed E-state index contributed by atoms with van der Waals surface area (Å²) in [5.74, 6) is 0. The fourth-order valence-corrected chi connectivity index (χ4v) is 9.16. The van der Waals surface area contributed by atoms with E-state index in [1.165, 1.54) is 244 Å². The molecular weight excluding hydrogens is 633 g/mol. The molecule has 0 aromatic rings. The number of unbranched alkanes of at least 4 members (excludes halogenated alkanes) is 38. The highest BCUT2D eigenvalue weighted by Gasteiger charge is 2.12. The van der Waals surface area contributed by atoms with Crippen molar-refractivity contribution in [2.45, 2.75) is 271 Å². The molecule has 0 radical (unpaired) electrons. The largest absolute Gasteiger partial charge is 0.473 e. The normalized spacial score (nSPS) is 11.8. The predicted octanol–water partition coefficient (Wildman–Crippen LogP) is 14.7. The second-order valence-electron chi connectivity index (χ2n) is 15.7. The van der Waals surface area contributed by atoms with E-state index < -0.39 is 9.53 Å². The van der Waals surface area contributed by atoms with E-state index in [0.29, 0.717) is 0 Å². The van der Waals surface area contributed by atoms with Gasteiger partial charge in [-0.05, 0) is 12.8 Å². The summed E-state index contributed by atoms with van der Waals surface area (Å²) in [4.78, 5) is 0. The molecule has 0 atom stereocenters. The maximum absolute atomic E-state index is 6.00. The first-order chi connectivity index (χ1) is 24.3. The highest BCUT2D eigenvalue weighted by molar-refractivity contribution is 6.42. The van der Waals surface area contributed by atoms with E-state index in [9.17, 15) is 0 Å². The van der Waals surface area contributed by atoms with Crippen molar-refractivity contribution in [2.24, 2.45) is 0 Å². The SMILES string of the molecule is CCCCCCCCCCCCCCCCCCCCCCO[SiH](O[SiH3])OCCCCCCCCCCCCCCCCCCCCCC. The van der Waals surface area contributed by atoms with Crippen LogP contribution in [0.5, 0.6) is 0 Å². The topological polar surface area (TPSA) is 27.7 Å². The number of rotatable bonds is 45. The van der Waals surface area contributed by atoms with Crippen LogP contribution in [0, 0.1) is 0 Å². The van der Waals surface area contributed by atoms with Gasteiger partial charge in [0.05, 0.1) is 0 Å². The van der Waals surface area contributed by atoms with Crippen molar-refractivity contribution in [3.05, 3.63) is 0 Å². The molecule has 0 aromatic heterocycles. The molecule has 0 rings (SSSR count). The Labute approximate surface area is 315 Å². The summed E-state index contributed by atoms with van der Waals surface area (Å²) in [6.45, 7) is 6.27. The Morgan fingerprint density at radius 1 is 0.265 bits per heavy atom. The standard InChI is InChI=1S/C44H94O3Si2/c1-3-5-7-9-11-13-15-17-19-21-23-25-27-29-31-33-35-37-39-41-43-45-49(47-48)46-44-42-40-38-36-34-32-30-28-26-24-22-20-18-16-14-12-10-8-6-4-2/h49H,3-44H2,1-2,48H3. The van der Waals surface area contributed by atoms with Gasteiger partial charge in [0.1, 0.15) is 10.5 Å². The van der Waals surface area contributed by atoms with Crippen molar-refractivity contribution < 1.29 is 13.0 Å². The quantitative estimate of drug-likeness (QED) is 0.0462. The molecule has 0 N–H and O–H groups in total. The molecule has 0 heterocycles. The van der Waals surface area contributed by atoms with E-state index in [4.69, 9.17) is 13.0 Å². The van der Waals surface area contributed by atoms with Crippen molar-refractivity contribution in [2.75, 3.05) is 13.2 Å². The summed E-state index contributed by atoms with van der Waals surface area (Å²) in [6, 6.07) is 0. The fourth-order valence-electron chi connectivity index (χ4n) is 7.26. The van der Waals surface area contributed by atoms with Crippen molar-refractivity contribution in [3.8, 4) is 0 Å². The average Bonchev–Trinajstić information content (AvgIpc) is 3.12. The molecule has 0 saturated heterocycles. The molecule has 5 heteroatoms. The second-order valence-corrected chi connectivity index (χ2v) is 18.8. The van der Waals surface area contributed by atoms with Gasteiger partial charge in [-0.3, -0.25) is 0 Å². The first-order valence-corrected chi connectivity index (χ1v) is 25.3. The van der Waals surface area contributed by atoms with Crippen LogP contribution < -0.4 is 0 Å². The van der Waals surface area contributed by atoms with Gasteiger partial charge in [-0.15, -0.1) is 0 Å². The third-order valence-electron chi connectivity index (χ3n) is 10.7. The molecule has 0 fully saturated rings. The van der Waals surface area contributed by atoms with Crippen LogP contribution in [-0.4, -0.2) is 33.2 Å². The molecule has 0 aromatic carbocycles. The van der Waals surface area contributed by atoms with Gasteiger partial charge in [0, 0.05) is 13.2 Å². The Kier molecular flexibility index (Phi) is 46.6. The molecule has 0 amide bonds. The maximum Gasteiger partial charge on any atom is 0.473 e. The lowest BCUT2D eigenvalue weighted by molar-refractivity contribution is 0.139. The van der Waals surface area contributed by atoms with Crippen molar-refractivity contribution >= 4 is 20.0 Å². The van der Waals surface area contributed by atoms with Gasteiger partial charge in [0.25, 0.3) is 0 Å². The molecule has 0 spiro atoms. The number of hydrogen-bond donors (Lipinski definition) is 0. The summed E-state index contributed by atoms with van der Waals surface area (Å²) in [5.41, 5.74) is 0. The van der Waals surface area contributed by atoms with Gasteiger partial charge >= 0.3 is 9.53 Å². The Balaban J connectivity index is 3.23. The van der Waals surface area contributed by atoms with Gasteiger partial charge in [-0.2, -0.15) is 0 Å². The molecule has 0 saturated carbocycles. The van der Waals surface area contributed by atoms with Crippen LogP contribution in [0.25, 0.3) is 0 Å². The van der Waals surface area contributed by atoms with Crippen molar-refractivity contribution in [3.63, 3.8) is 0 Å². The molecule has 3 nitrogen and oxygen atoms in total.